The first-order valence-corrected chi connectivity index (χ1v) is 14.4. The summed E-state index contributed by atoms with van der Waals surface area (Å²) in [4.78, 5) is 19.2. The number of aliphatic hydroxyl groups excluding tert-OH is 1. The van der Waals surface area contributed by atoms with E-state index in [1.807, 2.05) is 50.4 Å². The van der Waals surface area contributed by atoms with Crippen LogP contribution in [0.4, 0.5) is 9.93 Å². The Hall–Kier alpha value is -3.78. The minimum Gasteiger partial charge on any atom is -0.444 e. The number of ether oxygens (including phenoxy) is 1. The van der Waals surface area contributed by atoms with Gasteiger partial charge >= 0.3 is 6.09 Å². The summed E-state index contributed by atoms with van der Waals surface area (Å²) in [6.07, 6.45) is 1.41. The maximum absolute atomic E-state index is 12.2. The fourth-order valence-corrected chi connectivity index (χ4v) is 6.03. The fourth-order valence-electron chi connectivity index (χ4n) is 5.37. The molecular weight excluding hydrogens is 518 g/mol. The number of anilines is 1. The van der Waals surface area contributed by atoms with Gasteiger partial charge in [-0.2, -0.15) is 0 Å². The fraction of sp³-hybridized carbons (Fsp3) is 0.273. The average molecular weight is 554 g/mol. The molecule has 0 saturated carbocycles. The summed E-state index contributed by atoms with van der Waals surface area (Å²) in [5, 5.41) is 16.1. The summed E-state index contributed by atoms with van der Waals surface area (Å²) in [6, 6.07) is 31.7. The van der Waals surface area contributed by atoms with Gasteiger partial charge in [0.1, 0.15) is 5.60 Å². The van der Waals surface area contributed by atoms with E-state index in [0.29, 0.717) is 30.3 Å². The molecule has 0 aliphatic carbocycles. The van der Waals surface area contributed by atoms with Crippen molar-refractivity contribution in [3.05, 3.63) is 124 Å². The van der Waals surface area contributed by atoms with Crippen molar-refractivity contribution in [3.8, 4) is 0 Å². The molecule has 1 atom stereocenters. The molecule has 6 nitrogen and oxygen atoms in total. The number of benzene rings is 3. The number of aromatic nitrogens is 1. The Morgan fingerprint density at radius 3 is 1.98 bits per heavy atom. The van der Waals surface area contributed by atoms with Crippen molar-refractivity contribution in [2.24, 2.45) is 0 Å². The van der Waals surface area contributed by atoms with E-state index in [1.54, 1.807) is 0 Å². The van der Waals surface area contributed by atoms with Crippen molar-refractivity contribution in [2.75, 3.05) is 18.4 Å². The first kappa shape index (κ1) is 27.8. The van der Waals surface area contributed by atoms with Gasteiger partial charge in [0.15, 0.2) is 5.13 Å². The maximum atomic E-state index is 12.2. The van der Waals surface area contributed by atoms with Gasteiger partial charge in [0, 0.05) is 18.5 Å². The summed E-state index contributed by atoms with van der Waals surface area (Å²) in [6.45, 7) is 6.72. The minimum absolute atomic E-state index is 0.454. The molecule has 1 fully saturated rings. The quantitative estimate of drug-likeness (QED) is 0.253. The first-order chi connectivity index (χ1) is 19.3. The molecular formula is C33H35N3O3S. The highest BCUT2D eigenvalue weighted by molar-refractivity contribution is 7.14. The van der Waals surface area contributed by atoms with E-state index < -0.39 is 23.3 Å². The lowest BCUT2D eigenvalue weighted by Crippen LogP contribution is -2.52. The van der Waals surface area contributed by atoms with Crippen LogP contribution < -0.4 is 5.32 Å². The topological polar surface area (TPSA) is 74.7 Å². The van der Waals surface area contributed by atoms with E-state index in [-0.39, 0.29) is 0 Å². The third-order valence-corrected chi connectivity index (χ3v) is 7.76. The Morgan fingerprint density at radius 1 is 0.950 bits per heavy atom. The molecule has 1 amide bonds. The highest BCUT2D eigenvalue weighted by Crippen LogP contribution is 2.44. The minimum atomic E-state index is -0.593. The summed E-state index contributed by atoms with van der Waals surface area (Å²) < 4.78 is 5.35. The number of carbonyl (C=O) groups excluding carboxylic acids is 1. The van der Waals surface area contributed by atoms with Crippen LogP contribution >= 0.6 is 11.3 Å². The van der Waals surface area contributed by atoms with Crippen LogP contribution in [0.2, 0.25) is 0 Å². The third kappa shape index (κ3) is 6.02. The van der Waals surface area contributed by atoms with Gasteiger partial charge < -0.3 is 9.84 Å². The monoisotopic (exact) mass is 553 g/mol. The smallest absolute Gasteiger partial charge is 0.413 e. The Labute approximate surface area is 240 Å². The highest BCUT2D eigenvalue weighted by Gasteiger charge is 2.44. The van der Waals surface area contributed by atoms with Gasteiger partial charge in [0.2, 0.25) is 0 Å². The molecule has 5 rings (SSSR count). The van der Waals surface area contributed by atoms with Crippen molar-refractivity contribution in [1.29, 1.82) is 0 Å². The zero-order valence-electron chi connectivity index (χ0n) is 23.1. The largest absolute Gasteiger partial charge is 0.444 e. The third-order valence-electron chi connectivity index (χ3n) is 6.99. The summed E-state index contributed by atoms with van der Waals surface area (Å²) in [7, 11) is 0. The lowest BCUT2D eigenvalue weighted by Gasteiger charge is -2.48. The number of amides is 1. The van der Waals surface area contributed by atoms with Crippen LogP contribution in [0.15, 0.2) is 102 Å². The Kier molecular flexibility index (Phi) is 8.17. The molecule has 7 heteroatoms. The molecule has 1 aromatic heterocycles. The van der Waals surface area contributed by atoms with Crippen molar-refractivity contribution in [3.63, 3.8) is 0 Å². The van der Waals surface area contributed by atoms with Gasteiger partial charge in [-0.25, -0.2) is 9.78 Å². The zero-order chi connectivity index (χ0) is 28.2. The van der Waals surface area contributed by atoms with Crippen LogP contribution in [-0.4, -0.2) is 45.9 Å². The number of thiazole rings is 1. The maximum Gasteiger partial charge on any atom is 0.413 e. The van der Waals surface area contributed by atoms with Gasteiger partial charge in [0.05, 0.1) is 17.3 Å². The van der Waals surface area contributed by atoms with E-state index in [1.165, 1.54) is 28.0 Å². The number of piperidine rings is 1. The number of nitrogens with zero attached hydrogens (tertiary/aromatic N) is 2. The van der Waals surface area contributed by atoms with Crippen LogP contribution in [0.3, 0.4) is 0 Å². The second-order valence-electron chi connectivity index (χ2n) is 11.0. The summed E-state index contributed by atoms with van der Waals surface area (Å²) in [5.74, 6) is 0. The normalized spacial score (nSPS) is 17.5. The molecule has 3 aromatic carbocycles. The lowest BCUT2D eigenvalue weighted by atomic mass is 9.74. The van der Waals surface area contributed by atoms with Crippen LogP contribution in [-0.2, 0) is 10.3 Å². The molecule has 2 heterocycles. The zero-order valence-corrected chi connectivity index (χ0v) is 23.9. The van der Waals surface area contributed by atoms with Gasteiger partial charge in [0.25, 0.3) is 0 Å². The molecule has 0 bridgehead atoms. The Bertz CT molecular complexity index is 1350. The number of hydrogen-bond acceptors (Lipinski definition) is 6. The lowest BCUT2D eigenvalue weighted by molar-refractivity contribution is 0.0636. The standard InChI is InChI=1S/C33H35N3O3S/c1-32(2,3)39-31(38)35-30-34-28(23-40-30)21-24-22-36(20-19-29(24)37)33(25-13-7-4-8-14-25,26-15-9-5-10-16-26)27-17-11-6-12-18-27/h4-18,21,23,29,37H,19-20,22H2,1-3H3,(H,34,35,38)/b24-21+. The van der Waals surface area contributed by atoms with E-state index in [4.69, 9.17) is 4.74 Å². The van der Waals surface area contributed by atoms with Crippen LogP contribution in [0, 0.1) is 0 Å². The van der Waals surface area contributed by atoms with E-state index in [0.717, 1.165) is 5.57 Å². The summed E-state index contributed by atoms with van der Waals surface area (Å²) >= 11 is 1.33. The van der Waals surface area contributed by atoms with E-state index in [2.05, 4.69) is 88.0 Å². The van der Waals surface area contributed by atoms with Gasteiger partial charge in [-0.3, -0.25) is 10.2 Å². The number of carbonyl (C=O) groups is 1. The number of likely N-dealkylation sites (tertiary alicyclic amines) is 1. The number of rotatable bonds is 6. The van der Waals surface area contributed by atoms with E-state index >= 15 is 0 Å². The number of hydrogen-bond donors (Lipinski definition) is 2. The molecule has 4 aromatic rings. The predicted molar refractivity (Wildman–Crippen MR) is 161 cm³/mol. The number of nitrogens with one attached hydrogen (secondary N) is 1. The van der Waals surface area contributed by atoms with Gasteiger partial charge in [-0.05, 0) is 55.5 Å². The highest BCUT2D eigenvalue weighted by atomic mass is 32.1. The van der Waals surface area contributed by atoms with Crippen molar-refractivity contribution in [2.45, 2.75) is 44.4 Å². The Morgan fingerprint density at radius 2 is 1.48 bits per heavy atom. The molecule has 0 radical (unpaired) electrons. The van der Waals surface area contributed by atoms with Crippen molar-refractivity contribution < 1.29 is 14.6 Å². The van der Waals surface area contributed by atoms with Crippen LogP contribution in [0.1, 0.15) is 49.6 Å². The first-order valence-electron chi connectivity index (χ1n) is 13.5. The summed E-state index contributed by atoms with van der Waals surface area (Å²) in [5.41, 5.74) is 3.92. The van der Waals surface area contributed by atoms with Gasteiger partial charge in [-0.15, -0.1) is 11.3 Å². The van der Waals surface area contributed by atoms with E-state index in [9.17, 15) is 9.90 Å². The van der Waals surface area contributed by atoms with Crippen molar-refractivity contribution >= 4 is 28.6 Å². The number of aliphatic hydroxyl groups is 1. The molecule has 0 spiro atoms. The van der Waals surface area contributed by atoms with Crippen molar-refractivity contribution in [1.82, 2.24) is 9.88 Å². The molecule has 40 heavy (non-hydrogen) atoms. The second-order valence-corrected chi connectivity index (χ2v) is 11.8. The SMILES string of the molecule is CC(C)(C)OC(=O)Nc1nc(/C=C2\CN(C(c3ccccc3)(c3ccccc3)c3ccccc3)CCC2O)cs1. The Balaban J connectivity index is 1.52. The van der Waals surface area contributed by atoms with Gasteiger partial charge in [-0.1, -0.05) is 91.0 Å². The molecule has 1 saturated heterocycles. The molecule has 2 N–H and O–H groups in total. The van der Waals surface area contributed by atoms with Crippen LogP contribution in [0.25, 0.3) is 6.08 Å². The second kappa shape index (κ2) is 11.8. The molecule has 206 valence electrons. The molecule has 1 aliphatic rings. The molecule has 1 aliphatic heterocycles. The average Bonchev–Trinajstić information content (AvgIpc) is 3.38. The molecule has 1 unspecified atom stereocenters. The van der Waals surface area contributed by atoms with Crippen LogP contribution in [0.5, 0.6) is 0 Å². The predicted octanol–water partition coefficient (Wildman–Crippen LogP) is 6.93.